The molecule has 1 aromatic heterocycles. The van der Waals surface area contributed by atoms with E-state index in [9.17, 15) is 4.79 Å². The summed E-state index contributed by atoms with van der Waals surface area (Å²) in [4.78, 5) is 15.1. The summed E-state index contributed by atoms with van der Waals surface area (Å²) in [6.07, 6.45) is 0. The molecule has 4 rings (SSSR count). The second-order valence-electron chi connectivity index (χ2n) is 6.65. The summed E-state index contributed by atoms with van der Waals surface area (Å²) in [6, 6.07) is 14.6. The molecule has 1 saturated heterocycles. The number of carbonyl (C=O) groups is 1. The lowest BCUT2D eigenvalue weighted by molar-refractivity contribution is -0.134. The van der Waals surface area contributed by atoms with Crippen LogP contribution < -0.4 is 5.84 Å². The molecule has 2 heterocycles. The van der Waals surface area contributed by atoms with Gasteiger partial charge in [-0.15, -0.1) is 10.2 Å². The van der Waals surface area contributed by atoms with E-state index in [1.54, 1.807) is 18.2 Å². The zero-order valence-electron chi connectivity index (χ0n) is 15.9. The van der Waals surface area contributed by atoms with Gasteiger partial charge < -0.3 is 15.5 Å². The van der Waals surface area contributed by atoms with Crippen molar-refractivity contribution in [1.29, 1.82) is 0 Å². The number of benzene rings is 2. The third-order valence-electron chi connectivity index (χ3n) is 4.71. The molecule has 2 aromatic carbocycles. The van der Waals surface area contributed by atoms with Crippen LogP contribution in [0.25, 0.3) is 11.4 Å². The van der Waals surface area contributed by atoms with Gasteiger partial charge in [0.1, 0.15) is 5.25 Å². The number of thioether (sulfide) groups is 1. The lowest BCUT2D eigenvalue weighted by atomic mass is 10.1. The zero-order chi connectivity index (χ0) is 21.1. The largest absolute Gasteiger partial charge is 0.378 e. The van der Waals surface area contributed by atoms with Gasteiger partial charge in [0.05, 0.1) is 18.2 Å². The molecule has 1 amide bonds. The minimum Gasteiger partial charge on any atom is -0.378 e. The van der Waals surface area contributed by atoms with E-state index in [1.807, 2.05) is 35.2 Å². The Morgan fingerprint density at radius 2 is 1.83 bits per heavy atom. The molecule has 1 aliphatic heterocycles. The van der Waals surface area contributed by atoms with Crippen LogP contribution in [0.4, 0.5) is 0 Å². The quantitative estimate of drug-likeness (QED) is 0.458. The summed E-state index contributed by atoms with van der Waals surface area (Å²) in [5, 5.41) is 9.24. The maximum atomic E-state index is 13.3. The topological polar surface area (TPSA) is 86.3 Å². The highest BCUT2D eigenvalue weighted by Crippen LogP contribution is 2.37. The molecule has 1 fully saturated rings. The van der Waals surface area contributed by atoms with Crippen LogP contribution in [0.15, 0.2) is 53.7 Å². The molecule has 0 saturated carbocycles. The third kappa shape index (κ3) is 4.41. The highest BCUT2D eigenvalue weighted by atomic mass is 35.5. The molecule has 156 valence electrons. The number of halogens is 2. The number of carbonyl (C=O) groups excluding carboxylic acids is 1. The molecule has 2 N–H and O–H groups in total. The first-order valence-electron chi connectivity index (χ1n) is 9.28. The molecule has 0 spiro atoms. The highest BCUT2D eigenvalue weighted by Gasteiger charge is 2.30. The Morgan fingerprint density at radius 1 is 1.10 bits per heavy atom. The van der Waals surface area contributed by atoms with E-state index < -0.39 is 5.25 Å². The van der Waals surface area contributed by atoms with Gasteiger partial charge >= 0.3 is 0 Å². The molecule has 30 heavy (non-hydrogen) atoms. The van der Waals surface area contributed by atoms with Crippen molar-refractivity contribution in [3.05, 3.63) is 64.1 Å². The molecule has 0 radical (unpaired) electrons. The summed E-state index contributed by atoms with van der Waals surface area (Å²) >= 11 is 13.5. The fourth-order valence-corrected chi connectivity index (χ4v) is 4.69. The van der Waals surface area contributed by atoms with E-state index in [0.717, 1.165) is 5.56 Å². The van der Waals surface area contributed by atoms with Gasteiger partial charge in [-0.1, -0.05) is 65.3 Å². The van der Waals surface area contributed by atoms with Gasteiger partial charge in [0.2, 0.25) is 11.1 Å². The van der Waals surface area contributed by atoms with Crippen molar-refractivity contribution < 1.29 is 9.53 Å². The molecule has 1 unspecified atom stereocenters. The van der Waals surface area contributed by atoms with E-state index in [0.29, 0.717) is 52.9 Å². The van der Waals surface area contributed by atoms with E-state index >= 15 is 0 Å². The molecule has 10 heteroatoms. The molecular weight excluding hydrogens is 445 g/mol. The predicted molar refractivity (Wildman–Crippen MR) is 118 cm³/mol. The van der Waals surface area contributed by atoms with E-state index in [2.05, 4.69) is 10.2 Å². The number of hydrogen-bond donors (Lipinski definition) is 1. The Bertz CT molecular complexity index is 1040. The lowest BCUT2D eigenvalue weighted by Gasteiger charge is -2.30. The van der Waals surface area contributed by atoms with Crippen LogP contribution in [-0.4, -0.2) is 52.0 Å². The fourth-order valence-electron chi connectivity index (χ4n) is 3.16. The van der Waals surface area contributed by atoms with Crippen molar-refractivity contribution in [2.75, 3.05) is 32.1 Å². The van der Waals surface area contributed by atoms with Crippen LogP contribution in [0.3, 0.4) is 0 Å². The normalized spacial score (nSPS) is 15.2. The maximum absolute atomic E-state index is 13.3. The van der Waals surface area contributed by atoms with Crippen LogP contribution in [0, 0.1) is 0 Å². The van der Waals surface area contributed by atoms with Gasteiger partial charge in [0.25, 0.3) is 0 Å². The lowest BCUT2D eigenvalue weighted by Crippen LogP contribution is -2.42. The average Bonchev–Trinajstić information content (AvgIpc) is 3.13. The van der Waals surface area contributed by atoms with Gasteiger partial charge in [-0.3, -0.25) is 4.79 Å². The summed E-state index contributed by atoms with van der Waals surface area (Å²) in [6.45, 7) is 2.18. The van der Waals surface area contributed by atoms with Gasteiger partial charge in [-0.2, -0.15) is 0 Å². The summed E-state index contributed by atoms with van der Waals surface area (Å²) < 4.78 is 6.73. The Kier molecular flexibility index (Phi) is 6.48. The molecule has 7 nitrogen and oxygen atoms in total. The van der Waals surface area contributed by atoms with Gasteiger partial charge in [-0.25, -0.2) is 4.68 Å². The number of amides is 1. The molecule has 1 atom stereocenters. The average molecular weight is 464 g/mol. The van der Waals surface area contributed by atoms with Crippen LogP contribution in [0.5, 0.6) is 0 Å². The van der Waals surface area contributed by atoms with Crippen LogP contribution >= 0.6 is 35.0 Å². The highest BCUT2D eigenvalue weighted by molar-refractivity contribution is 8.00. The fraction of sp³-hybridized carbons (Fsp3) is 0.250. The first-order chi connectivity index (χ1) is 14.5. The molecule has 0 bridgehead atoms. The Morgan fingerprint density at radius 3 is 2.53 bits per heavy atom. The zero-order valence-corrected chi connectivity index (χ0v) is 18.2. The van der Waals surface area contributed by atoms with Crippen molar-refractivity contribution in [2.24, 2.45) is 0 Å². The Balaban J connectivity index is 1.65. The van der Waals surface area contributed by atoms with E-state index in [1.165, 1.54) is 16.4 Å². The first kappa shape index (κ1) is 21.0. The predicted octanol–water partition coefficient (Wildman–Crippen LogP) is 3.66. The van der Waals surface area contributed by atoms with Gasteiger partial charge in [-0.05, 0) is 23.8 Å². The van der Waals surface area contributed by atoms with Gasteiger partial charge in [0, 0.05) is 23.7 Å². The first-order valence-corrected chi connectivity index (χ1v) is 10.9. The van der Waals surface area contributed by atoms with Crippen LogP contribution in [0.1, 0.15) is 10.8 Å². The summed E-state index contributed by atoms with van der Waals surface area (Å²) in [5.41, 5.74) is 1.48. The minimum absolute atomic E-state index is 0.0106. The third-order valence-corrected chi connectivity index (χ3v) is 6.46. The van der Waals surface area contributed by atoms with Crippen molar-refractivity contribution >= 4 is 40.9 Å². The van der Waals surface area contributed by atoms with Crippen molar-refractivity contribution in [3.63, 3.8) is 0 Å². The van der Waals surface area contributed by atoms with Crippen LogP contribution in [-0.2, 0) is 9.53 Å². The SMILES string of the molecule is Nn1c(SC(C(=O)N2CCOCC2)c2ccccc2)nnc1-c1ccc(Cl)cc1Cl. The van der Waals surface area contributed by atoms with E-state index in [4.69, 9.17) is 33.8 Å². The molecule has 3 aromatic rings. The standard InChI is InChI=1S/C20H19Cl2N5O2S/c21-14-6-7-15(16(22)12-14)18-24-25-20(27(18)23)30-17(13-4-2-1-3-5-13)19(28)26-8-10-29-11-9-26/h1-7,12,17H,8-11,23H2. The number of nitrogen functional groups attached to an aromatic ring is 1. The maximum Gasteiger partial charge on any atom is 0.240 e. The molecular formula is C20H19Cl2N5O2S. The second kappa shape index (κ2) is 9.26. The summed E-state index contributed by atoms with van der Waals surface area (Å²) in [7, 11) is 0. The van der Waals surface area contributed by atoms with Gasteiger partial charge in [0.15, 0.2) is 5.82 Å². The number of morpholine rings is 1. The molecule has 0 aliphatic carbocycles. The van der Waals surface area contributed by atoms with Crippen LogP contribution in [0.2, 0.25) is 10.0 Å². The van der Waals surface area contributed by atoms with E-state index in [-0.39, 0.29) is 5.91 Å². The monoisotopic (exact) mass is 463 g/mol. The van der Waals surface area contributed by atoms with Crippen molar-refractivity contribution in [2.45, 2.75) is 10.4 Å². The smallest absolute Gasteiger partial charge is 0.240 e. The Hall–Kier alpha value is -2.26. The number of aromatic nitrogens is 3. The second-order valence-corrected chi connectivity index (χ2v) is 8.56. The number of rotatable bonds is 5. The van der Waals surface area contributed by atoms with Crippen molar-refractivity contribution in [3.8, 4) is 11.4 Å². The summed E-state index contributed by atoms with van der Waals surface area (Å²) in [5.74, 6) is 6.66. The number of ether oxygens (including phenoxy) is 1. The molecule has 1 aliphatic rings. The number of hydrogen-bond acceptors (Lipinski definition) is 6. The number of nitrogens with zero attached hydrogens (tertiary/aromatic N) is 4. The number of nitrogens with two attached hydrogens (primary N) is 1. The van der Waals surface area contributed by atoms with Crippen molar-refractivity contribution in [1.82, 2.24) is 19.8 Å². The Labute approximate surface area is 188 Å². The minimum atomic E-state index is -0.510.